The summed E-state index contributed by atoms with van der Waals surface area (Å²) in [7, 11) is 0. The summed E-state index contributed by atoms with van der Waals surface area (Å²) in [6.45, 7) is 5.87. The molecular formula is C15H19F2N3. The van der Waals surface area contributed by atoms with Crippen molar-refractivity contribution in [3.05, 3.63) is 52.9 Å². The minimum absolute atomic E-state index is 0.334. The summed E-state index contributed by atoms with van der Waals surface area (Å²) < 4.78 is 28.3. The lowest BCUT2D eigenvalue weighted by molar-refractivity contribution is 0.522. The van der Waals surface area contributed by atoms with Gasteiger partial charge in [0, 0.05) is 24.3 Å². The third kappa shape index (κ3) is 3.87. The highest BCUT2D eigenvalue weighted by Crippen LogP contribution is 2.09. The first kappa shape index (κ1) is 14.7. The molecule has 0 aliphatic heterocycles. The average Bonchev–Trinajstić information content (AvgIpc) is 2.71. The zero-order valence-corrected chi connectivity index (χ0v) is 11.8. The first-order valence-electron chi connectivity index (χ1n) is 6.72. The molecule has 1 N–H and O–H groups in total. The molecule has 0 aliphatic rings. The van der Waals surface area contributed by atoms with E-state index >= 15 is 0 Å². The smallest absolute Gasteiger partial charge is 0.127 e. The SMILES string of the molecule is Cc1cc(C)n(CCCNCc2cc(F)ccc2F)n1. The van der Waals surface area contributed by atoms with E-state index in [2.05, 4.69) is 10.4 Å². The van der Waals surface area contributed by atoms with Crippen LogP contribution in [-0.4, -0.2) is 16.3 Å². The van der Waals surface area contributed by atoms with Crippen LogP contribution in [0.5, 0.6) is 0 Å². The van der Waals surface area contributed by atoms with Crippen LogP contribution < -0.4 is 5.32 Å². The van der Waals surface area contributed by atoms with Crippen molar-refractivity contribution in [3.8, 4) is 0 Å². The number of nitrogens with one attached hydrogen (secondary N) is 1. The summed E-state index contributed by atoms with van der Waals surface area (Å²) in [6.07, 6.45) is 0.888. The van der Waals surface area contributed by atoms with Gasteiger partial charge in [0.25, 0.3) is 0 Å². The summed E-state index contributed by atoms with van der Waals surface area (Å²) in [5, 5.41) is 7.49. The largest absolute Gasteiger partial charge is 0.312 e. The summed E-state index contributed by atoms with van der Waals surface area (Å²) >= 11 is 0. The molecule has 0 spiro atoms. The van der Waals surface area contributed by atoms with Gasteiger partial charge in [-0.1, -0.05) is 0 Å². The van der Waals surface area contributed by atoms with Crippen molar-refractivity contribution in [1.82, 2.24) is 15.1 Å². The molecule has 0 saturated carbocycles. The van der Waals surface area contributed by atoms with Gasteiger partial charge in [0.05, 0.1) is 5.69 Å². The standard InChI is InChI=1S/C15H19F2N3/c1-11-8-12(2)20(19-11)7-3-6-18-10-13-9-14(16)4-5-15(13)17/h4-5,8-9,18H,3,6-7,10H2,1-2H3. The number of rotatable bonds is 6. The van der Waals surface area contributed by atoms with Crippen molar-refractivity contribution in [2.24, 2.45) is 0 Å². The van der Waals surface area contributed by atoms with Crippen LogP contribution in [-0.2, 0) is 13.1 Å². The van der Waals surface area contributed by atoms with Crippen LogP contribution in [0, 0.1) is 25.5 Å². The highest BCUT2D eigenvalue weighted by atomic mass is 19.1. The van der Waals surface area contributed by atoms with Gasteiger partial charge in [-0.15, -0.1) is 0 Å². The predicted molar refractivity (Wildman–Crippen MR) is 74.4 cm³/mol. The molecule has 108 valence electrons. The van der Waals surface area contributed by atoms with E-state index in [0.29, 0.717) is 12.1 Å². The van der Waals surface area contributed by atoms with Gasteiger partial charge in [-0.25, -0.2) is 8.78 Å². The molecule has 0 aliphatic carbocycles. The summed E-state index contributed by atoms with van der Waals surface area (Å²) in [5.74, 6) is -0.789. The van der Waals surface area contributed by atoms with E-state index in [1.165, 1.54) is 6.07 Å². The first-order valence-corrected chi connectivity index (χ1v) is 6.72. The second-order valence-electron chi connectivity index (χ2n) is 4.92. The van der Waals surface area contributed by atoms with Crippen LogP contribution in [0.25, 0.3) is 0 Å². The number of hydrogen-bond donors (Lipinski definition) is 1. The third-order valence-electron chi connectivity index (χ3n) is 3.15. The van der Waals surface area contributed by atoms with E-state index in [1.54, 1.807) is 0 Å². The van der Waals surface area contributed by atoms with Crippen LogP contribution in [0.2, 0.25) is 0 Å². The molecule has 2 aromatic rings. The Bertz CT molecular complexity index is 578. The number of hydrogen-bond acceptors (Lipinski definition) is 2. The molecule has 0 atom stereocenters. The van der Waals surface area contributed by atoms with Gasteiger partial charge in [0.2, 0.25) is 0 Å². The molecule has 0 fully saturated rings. The Morgan fingerprint density at radius 3 is 2.70 bits per heavy atom. The van der Waals surface area contributed by atoms with Crippen molar-refractivity contribution in [2.45, 2.75) is 33.4 Å². The van der Waals surface area contributed by atoms with Crippen LogP contribution in [0.15, 0.2) is 24.3 Å². The highest BCUT2D eigenvalue weighted by molar-refractivity contribution is 5.18. The minimum atomic E-state index is -0.411. The topological polar surface area (TPSA) is 29.9 Å². The van der Waals surface area contributed by atoms with Crippen molar-refractivity contribution in [3.63, 3.8) is 0 Å². The van der Waals surface area contributed by atoms with Gasteiger partial charge in [0.15, 0.2) is 0 Å². The summed E-state index contributed by atoms with van der Waals surface area (Å²) in [5.41, 5.74) is 2.51. The fourth-order valence-electron chi connectivity index (χ4n) is 2.16. The molecule has 3 nitrogen and oxygen atoms in total. The first-order chi connectivity index (χ1) is 9.56. The van der Waals surface area contributed by atoms with Gasteiger partial charge in [0.1, 0.15) is 11.6 Å². The Labute approximate surface area is 117 Å². The molecule has 0 bridgehead atoms. The van der Waals surface area contributed by atoms with E-state index in [9.17, 15) is 8.78 Å². The molecule has 0 amide bonds. The Hall–Kier alpha value is -1.75. The van der Waals surface area contributed by atoms with Crippen molar-refractivity contribution in [2.75, 3.05) is 6.54 Å². The van der Waals surface area contributed by atoms with E-state index < -0.39 is 5.82 Å². The predicted octanol–water partition coefficient (Wildman–Crippen LogP) is 2.96. The lowest BCUT2D eigenvalue weighted by Gasteiger charge is -2.07. The zero-order valence-electron chi connectivity index (χ0n) is 11.8. The van der Waals surface area contributed by atoms with E-state index in [-0.39, 0.29) is 5.82 Å². The molecule has 0 unspecified atom stereocenters. The highest BCUT2D eigenvalue weighted by Gasteiger charge is 2.03. The fraction of sp³-hybridized carbons (Fsp3) is 0.400. The lowest BCUT2D eigenvalue weighted by atomic mass is 10.2. The maximum Gasteiger partial charge on any atom is 0.127 e. The van der Waals surface area contributed by atoms with Gasteiger partial charge in [-0.2, -0.15) is 5.10 Å². The van der Waals surface area contributed by atoms with E-state index in [0.717, 1.165) is 43.0 Å². The zero-order chi connectivity index (χ0) is 14.5. The summed E-state index contributed by atoms with van der Waals surface area (Å²) in [4.78, 5) is 0. The maximum atomic E-state index is 13.4. The van der Waals surface area contributed by atoms with Gasteiger partial charge < -0.3 is 5.32 Å². The van der Waals surface area contributed by atoms with Crippen LogP contribution >= 0.6 is 0 Å². The lowest BCUT2D eigenvalue weighted by Crippen LogP contribution is -2.18. The molecule has 1 aromatic carbocycles. The molecule has 0 saturated heterocycles. The van der Waals surface area contributed by atoms with Crippen molar-refractivity contribution < 1.29 is 8.78 Å². The Morgan fingerprint density at radius 1 is 1.20 bits per heavy atom. The second-order valence-corrected chi connectivity index (χ2v) is 4.92. The van der Waals surface area contributed by atoms with E-state index in [1.807, 2.05) is 24.6 Å². The monoisotopic (exact) mass is 279 g/mol. The van der Waals surface area contributed by atoms with Crippen molar-refractivity contribution in [1.29, 1.82) is 0 Å². The van der Waals surface area contributed by atoms with Crippen molar-refractivity contribution >= 4 is 0 Å². The Balaban J connectivity index is 1.74. The number of nitrogens with zero attached hydrogens (tertiary/aromatic N) is 2. The van der Waals surface area contributed by atoms with Gasteiger partial charge >= 0.3 is 0 Å². The molecule has 1 heterocycles. The summed E-state index contributed by atoms with van der Waals surface area (Å²) in [6, 6.07) is 5.54. The number of aromatic nitrogens is 2. The minimum Gasteiger partial charge on any atom is -0.312 e. The quantitative estimate of drug-likeness (QED) is 0.824. The number of halogens is 2. The maximum absolute atomic E-state index is 13.4. The molecular weight excluding hydrogens is 260 g/mol. The number of aryl methyl sites for hydroxylation is 3. The van der Waals surface area contributed by atoms with Crippen LogP contribution in [0.4, 0.5) is 8.78 Å². The Kier molecular flexibility index (Phi) is 4.84. The molecule has 1 aromatic heterocycles. The van der Waals surface area contributed by atoms with Crippen LogP contribution in [0.1, 0.15) is 23.4 Å². The van der Waals surface area contributed by atoms with Crippen LogP contribution in [0.3, 0.4) is 0 Å². The fourth-order valence-corrected chi connectivity index (χ4v) is 2.16. The third-order valence-corrected chi connectivity index (χ3v) is 3.15. The molecule has 0 radical (unpaired) electrons. The normalized spacial score (nSPS) is 11.0. The Morgan fingerprint density at radius 2 is 2.00 bits per heavy atom. The van der Waals surface area contributed by atoms with E-state index in [4.69, 9.17) is 0 Å². The average molecular weight is 279 g/mol. The molecule has 20 heavy (non-hydrogen) atoms. The molecule has 2 rings (SSSR count). The van der Waals surface area contributed by atoms with Gasteiger partial charge in [-0.05, 0) is 51.1 Å². The van der Waals surface area contributed by atoms with Gasteiger partial charge in [-0.3, -0.25) is 4.68 Å². The second kappa shape index (κ2) is 6.61. The molecule has 5 heteroatoms. The number of benzene rings is 1.